The molecule has 1 fully saturated rings. The fourth-order valence-electron chi connectivity index (χ4n) is 3.75. The summed E-state index contributed by atoms with van der Waals surface area (Å²) in [5.74, 6) is -0.616. The highest BCUT2D eigenvalue weighted by molar-refractivity contribution is 7.89. The lowest BCUT2D eigenvalue weighted by Crippen LogP contribution is -2.38. The van der Waals surface area contributed by atoms with Gasteiger partial charge in [-0.15, -0.1) is 0 Å². The summed E-state index contributed by atoms with van der Waals surface area (Å²) in [4.78, 5) is 14.4. The molecular formula is C22H27FN2O3S. The van der Waals surface area contributed by atoms with E-state index in [0.717, 1.165) is 37.7 Å². The molecule has 3 rings (SSSR count). The monoisotopic (exact) mass is 418 g/mol. The van der Waals surface area contributed by atoms with Gasteiger partial charge in [0.2, 0.25) is 10.0 Å². The van der Waals surface area contributed by atoms with Crippen LogP contribution < -0.4 is 0 Å². The molecule has 29 heavy (non-hydrogen) atoms. The predicted molar refractivity (Wildman–Crippen MR) is 110 cm³/mol. The van der Waals surface area contributed by atoms with E-state index in [2.05, 4.69) is 0 Å². The minimum atomic E-state index is -3.66. The van der Waals surface area contributed by atoms with Crippen molar-refractivity contribution in [1.82, 2.24) is 9.21 Å². The third kappa shape index (κ3) is 5.03. The van der Waals surface area contributed by atoms with Gasteiger partial charge < -0.3 is 4.90 Å². The SMILES string of the molecule is CN(Cc1ccc(F)cc1)C(=O)c1cccc(S(=O)(=O)N(C)C2CCCCC2)c1. The third-order valence-corrected chi connectivity index (χ3v) is 7.43. The maximum absolute atomic E-state index is 13.1. The molecule has 156 valence electrons. The van der Waals surface area contributed by atoms with E-state index in [9.17, 15) is 17.6 Å². The van der Waals surface area contributed by atoms with Crippen molar-refractivity contribution in [2.75, 3.05) is 14.1 Å². The topological polar surface area (TPSA) is 57.7 Å². The molecule has 0 heterocycles. The van der Waals surface area contributed by atoms with Gasteiger partial charge in [-0.2, -0.15) is 4.31 Å². The highest BCUT2D eigenvalue weighted by Crippen LogP contribution is 2.27. The number of carbonyl (C=O) groups is 1. The van der Waals surface area contributed by atoms with Gasteiger partial charge in [0.15, 0.2) is 0 Å². The van der Waals surface area contributed by atoms with Crippen LogP contribution in [-0.4, -0.2) is 43.7 Å². The fraction of sp³-hybridized carbons (Fsp3) is 0.409. The van der Waals surface area contributed by atoms with Gasteiger partial charge in [0, 0.05) is 32.2 Å². The molecule has 0 atom stereocenters. The van der Waals surface area contributed by atoms with Crippen LogP contribution in [0.15, 0.2) is 53.4 Å². The zero-order valence-electron chi connectivity index (χ0n) is 16.8. The second-order valence-electron chi connectivity index (χ2n) is 7.63. The molecule has 1 saturated carbocycles. The molecule has 1 aliphatic carbocycles. The van der Waals surface area contributed by atoms with Gasteiger partial charge >= 0.3 is 0 Å². The molecule has 0 radical (unpaired) electrons. The Morgan fingerprint density at radius 3 is 2.34 bits per heavy atom. The third-order valence-electron chi connectivity index (χ3n) is 5.53. The Kier molecular flexibility index (Phi) is 6.70. The summed E-state index contributed by atoms with van der Waals surface area (Å²) in [5, 5.41) is 0. The van der Waals surface area contributed by atoms with Gasteiger partial charge in [0.05, 0.1) is 4.90 Å². The summed E-state index contributed by atoms with van der Waals surface area (Å²) < 4.78 is 40.6. The Bertz CT molecular complexity index is 954. The van der Waals surface area contributed by atoms with E-state index >= 15 is 0 Å². The van der Waals surface area contributed by atoms with E-state index in [1.54, 1.807) is 38.4 Å². The van der Waals surface area contributed by atoms with E-state index in [1.807, 2.05) is 0 Å². The van der Waals surface area contributed by atoms with E-state index in [0.29, 0.717) is 12.1 Å². The Hall–Kier alpha value is -2.25. The van der Waals surface area contributed by atoms with Crippen molar-refractivity contribution in [2.24, 2.45) is 0 Å². The molecule has 0 bridgehead atoms. The average molecular weight is 419 g/mol. The van der Waals surface area contributed by atoms with Crippen LogP contribution in [0, 0.1) is 5.82 Å². The lowest BCUT2D eigenvalue weighted by molar-refractivity contribution is 0.0785. The first-order valence-electron chi connectivity index (χ1n) is 9.87. The van der Waals surface area contributed by atoms with Crippen LogP contribution in [0.4, 0.5) is 4.39 Å². The molecule has 5 nitrogen and oxygen atoms in total. The number of nitrogens with zero attached hydrogens (tertiary/aromatic N) is 2. The minimum Gasteiger partial charge on any atom is -0.337 e. The second kappa shape index (κ2) is 9.05. The molecule has 0 N–H and O–H groups in total. The van der Waals surface area contributed by atoms with Crippen LogP contribution in [-0.2, 0) is 16.6 Å². The van der Waals surface area contributed by atoms with Crippen molar-refractivity contribution in [1.29, 1.82) is 0 Å². The molecule has 2 aromatic rings. The number of amides is 1. The second-order valence-corrected chi connectivity index (χ2v) is 9.63. The molecule has 1 aliphatic rings. The first kappa shape index (κ1) is 21.5. The largest absolute Gasteiger partial charge is 0.337 e. The summed E-state index contributed by atoms with van der Waals surface area (Å²) in [6.07, 6.45) is 4.97. The van der Waals surface area contributed by atoms with E-state index in [4.69, 9.17) is 0 Å². The van der Waals surface area contributed by atoms with E-state index in [-0.39, 0.29) is 22.7 Å². The molecule has 0 aromatic heterocycles. The Morgan fingerprint density at radius 1 is 1.03 bits per heavy atom. The summed E-state index contributed by atoms with van der Waals surface area (Å²) in [7, 11) is -0.398. The van der Waals surface area contributed by atoms with Crippen LogP contribution in [0.2, 0.25) is 0 Å². The van der Waals surface area contributed by atoms with Gasteiger partial charge in [-0.05, 0) is 48.7 Å². The van der Waals surface area contributed by atoms with Crippen LogP contribution in [0.5, 0.6) is 0 Å². The molecule has 0 aliphatic heterocycles. The number of rotatable bonds is 6. The Morgan fingerprint density at radius 2 is 1.69 bits per heavy atom. The van der Waals surface area contributed by atoms with Gasteiger partial charge in [-0.3, -0.25) is 4.79 Å². The number of halogens is 1. The Balaban J connectivity index is 1.77. The number of sulfonamides is 1. The first-order valence-corrected chi connectivity index (χ1v) is 11.3. The van der Waals surface area contributed by atoms with Crippen molar-refractivity contribution in [2.45, 2.75) is 49.6 Å². The standard InChI is InChI=1S/C22H27FN2O3S/c1-24(16-17-11-13-19(23)14-12-17)22(26)18-7-6-10-21(15-18)29(27,28)25(2)20-8-4-3-5-9-20/h6-7,10-15,20H,3-5,8-9,16H2,1-2H3. The van der Waals surface area contributed by atoms with Crippen molar-refractivity contribution >= 4 is 15.9 Å². The van der Waals surface area contributed by atoms with E-state index in [1.165, 1.54) is 33.5 Å². The molecule has 2 aromatic carbocycles. The summed E-state index contributed by atoms with van der Waals surface area (Å²) in [6, 6.07) is 12.1. The summed E-state index contributed by atoms with van der Waals surface area (Å²) in [5.41, 5.74) is 1.11. The smallest absolute Gasteiger partial charge is 0.253 e. The van der Waals surface area contributed by atoms with Gasteiger partial charge in [-0.1, -0.05) is 37.5 Å². The molecule has 0 saturated heterocycles. The maximum atomic E-state index is 13.1. The molecule has 0 unspecified atom stereocenters. The average Bonchev–Trinajstić information content (AvgIpc) is 2.75. The number of hydrogen-bond donors (Lipinski definition) is 0. The highest BCUT2D eigenvalue weighted by Gasteiger charge is 2.29. The van der Waals surface area contributed by atoms with Gasteiger partial charge in [0.1, 0.15) is 5.82 Å². The molecule has 1 amide bonds. The first-order chi connectivity index (χ1) is 13.8. The summed E-state index contributed by atoms with van der Waals surface area (Å²) in [6.45, 7) is 0.304. The van der Waals surface area contributed by atoms with Crippen molar-refractivity contribution in [3.8, 4) is 0 Å². The quantitative estimate of drug-likeness (QED) is 0.711. The van der Waals surface area contributed by atoms with Crippen LogP contribution in [0.3, 0.4) is 0 Å². The zero-order valence-corrected chi connectivity index (χ0v) is 17.7. The van der Waals surface area contributed by atoms with Gasteiger partial charge in [-0.25, -0.2) is 12.8 Å². The molecule has 0 spiro atoms. The minimum absolute atomic E-state index is 0.00857. The van der Waals surface area contributed by atoms with Crippen molar-refractivity contribution in [3.05, 3.63) is 65.5 Å². The fourth-order valence-corrected chi connectivity index (χ4v) is 5.21. The van der Waals surface area contributed by atoms with Crippen molar-refractivity contribution in [3.63, 3.8) is 0 Å². The lowest BCUT2D eigenvalue weighted by Gasteiger charge is -2.30. The molecule has 7 heteroatoms. The number of carbonyl (C=O) groups excluding carboxylic acids is 1. The van der Waals surface area contributed by atoms with Crippen molar-refractivity contribution < 1.29 is 17.6 Å². The zero-order chi connectivity index (χ0) is 21.0. The van der Waals surface area contributed by atoms with Crippen LogP contribution >= 0.6 is 0 Å². The number of benzene rings is 2. The van der Waals surface area contributed by atoms with E-state index < -0.39 is 10.0 Å². The van der Waals surface area contributed by atoms with Gasteiger partial charge in [0.25, 0.3) is 5.91 Å². The van der Waals surface area contributed by atoms with Crippen LogP contribution in [0.25, 0.3) is 0 Å². The summed E-state index contributed by atoms with van der Waals surface area (Å²) >= 11 is 0. The maximum Gasteiger partial charge on any atom is 0.253 e. The highest BCUT2D eigenvalue weighted by atomic mass is 32.2. The van der Waals surface area contributed by atoms with Crippen LogP contribution in [0.1, 0.15) is 48.0 Å². The molecular weight excluding hydrogens is 391 g/mol. The number of hydrogen-bond acceptors (Lipinski definition) is 3. The predicted octanol–water partition coefficient (Wildman–Crippen LogP) is 4.05. The lowest BCUT2D eigenvalue weighted by atomic mass is 9.96. The Labute approximate surface area is 172 Å². The normalized spacial score (nSPS) is 15.4.